The van der Waals surface area contributed by atoms with Crippen molar-refractivity contribution in [2.45, 2.75) is 38.8 Å². The summed E-state index contributed by atoms with van der Waals surface area (Å²) < 4.78 is 5.47. The summed E-state index contributed by atoms with van der Waals surface area (Å²) in [5, 5.41) is 3.01. The van der Waals surface area contributed by atoms with E-state index in [1.54, 1.807) is 0 Å². The molecule has 2 amide bonds. The molecule has 2 fully saturated rings. The van der Waals surface area contributed by atoms with Crippen LogP contribution in [0.3, 0.4) is 0 Å². The van der Waals surface area contributed by atoms with Gasteiger partial charge in [0.15, 0.2) is 0 Å². The molecular weight excluding hydrogens is 290 g/mol. The first kappa shape index (κ1) is 16.1. The summed E-state index contributed by atoms with van der Waals surface area (Å²) in [6.45, 7) is 6.85. The first-order valence-electron chi connectivity index (χ1n) is 8.70. The van der Waals surface area contributed by atoms with Gasteiger partial charge in [-0.2, -0.15) is 0 Å². The smallest absolute Gasteiger partial charge is 0.317 e. The molecule has 0 bridgehead atoms. The highest BCUT2D eigenvalue weighted by atomic mass is 16.5. The number of morpholine rings is 1. The number of benzene rings is 1. The zero-order valence-electron chi connectivity index (χ0n) is 14.0. The summed E-state index contributed by atoms with van der Waals surface area (Å²) in [4.78, 5) is 16.5. The van der Waals surface area contributed by atoms with Gasteiger partial charge in [0, 0.05) is 38.4 Å². The van der Waals surface area contributed by atoms with E-state index in [2.05, 4.69) is 34.5 Å². The molecule has 1 aromatic carbocycles. The Morgan fingerprint density at radius 1 is 1.17 bits per heavy atom. The van der Waals surface area contributed by atoms with Crippen LogP contribution in [0.1, 0.15) is 31.7 Å². The number of carbonyl (C=O) groups is 1. The Balaban J connectivity index is 1.49. The summed E-state index contributed by atoms with van der Waals surface area (Å²) in [7, 11) is 0. The third kappa shape index (κ3) is 4.38. The quantitative estimate of drug-likeness (QED) is 0.932. The zero-order chi connectivity index (χ0) is 16.1. The van der Waals surface area contributed by atoms with Crippen molar-refractivity contribution in [1.82, 2.24) is 10.2 Å². The minimum absolute atomic E-state index is 0.000238. The van der Waals surface area contributed by atoms with Gasteiger partial charge in [0.25, 0.3) is 0 Å². The first-order valence-corrected chi connectivity index (χ1v) is 8.70. The second-order valence-electron chi connectivity index (χ2n) is 6.50. The molecule has 0 aliphatic carbocycles. The Hall–Kier alpha value is -1.75. The van der Waals surface area contributed by atoms with E-state index in [0.29, 0.717) is 26.2 Å². The number of rotatable bonds is 3. The normalized spacial score (nSPS) is 22.0. The molecule has 0 aromatic heterocycles. The topological polar surface area (TPSA) is 44.8 Å². The van der Waals surface area contributed by atoms with Gasteiger partial charge in [-0.3, -0.25) is 0 Å². The van der Waals surface area contributed by atoms with Crippen LogP contribution in [0.4, 0.5) is 10.5 Å². The van der Waals surface area contributed by atoms with Crippen molar-refractivity contribution >= 4 is 11.7 Å². The molecule has 2 saturated heterocycles. The number of urea groups is 1. The van der Waals surface area contributed by atoms with Crippen LogP contribution in [0.25, 0.3) is 0 Å². The molecule has 0 spiro atoms. The number of hydrogen-bond acceptors (Lipinski definition) is 3. The molecular formula is C18H27N3O2. The van der Waals surface area contributed by atoms with Gasteiger partial charge >= 0.3 is 6.03 Å². The SMILES string of the molecule is C[C@H]1CN(C(=O)NCc2ccc(N3CCCCC3)cc2)CCO1. The predicted octanol–water partition coefficient (Wildman–Crippen LogP) is 2.61. The fourth-order valence-corrected chi connectivity index (χ4v) is 3.27. The monoisotopic (exact) mass is 317 g/mol. The van der Waals surface area contributed by atoms with Gasteiger partial charge in [-0.25, -0.2) is 4.79 Å². The molecule has 23 heavy (non-hydrogen) atoms. The maximum absolute atomic E-state index is 12.2. The van der Waals surface area contributed by atoms with Crippen LogP contribution in [0.5, 0.6) is 0 Å². The average Bonchev–Trinajstić information content (AvgIpc) is 2.61. The molecule has 3 rings (SSSR count). The van der Waals surface area contributed by atoms with E-state index in [9.17, 15) is 4.79 Å². The summed E-state index contributed by atoms with van der Waals surface area (Å²) in [6.07, 6.45) is 4.05. The third-order valence-electron chi connectivity index (χ3n) is 4.63. The summed E-state index contributed by atoms with van der Waals surface area (Å²) in [5.41, 5.74) is 2.43. The van der Waals surface area contributed by atoms with E-state index in [1.807, 2.05) is 11.8 Å². The van der Waals surface area contributed by atoms with E-state index in [0.717, 1.165) is 18.7 Å². The molecule has 2 aliphatic rings. The predicted molar refractivity (Wildman–Crippen MR) is 91.7 cm³/mol. The van der Waals surface area contributed by atoms with Crippen molar-refractivity contribution in [1.29, 1.82) is 0 Å². The van der Waals surface area contributed by atoms with E-state index in [4.69, 9.17) is 4.74 Å². The second kappa shape index (κ2) is 7.68. The molecule has 1 N–H and O–H groups in total. The molecule has 2 aliphatic heterocycles. The zero-order valence-corrected chi connectivity index (χ0v) is 14.0. The van der Waals surface area contributed by atoms with Crippen molar-refractivity contribution in [3.05, 3.63) is 29.8 Å². The number of nitrogens with zero attached hydrogens (tertiary/aromatic N) is 2. The number of piperidine rings is 1. The highest BCUT2D eigenvalue weighted by Gasteiger charge is 2.20. The van der Waals surface area contributed by atoms with Crippen LogP contribution in [-0.4, -0.2) is 49.8 Å². The molecule has 0 saturated carbocycles. The highest BCUT2D eigenvalue weighted by Crippen LogP contribution is 2.20. The first-order chi connectivity index (χ1) is 11.2. The van der Waals surface area contributed by atoms with Crippen molar-refractivity contribution < 1.29 is 9.53 Å². The highest BCUT2D eigenvalue weighted by molar-refractivity contribution is 5.74. The van der Waals surface area contributed by atoms with Gasteiger partial charge in [-0.15, -0.1) is 0 Å². The van der Waals surface area contributed by atoms with Gasteiger partial charge in [-0.1, -0.05) is 12.1 Å². The van der Waals surface area contributed by atoms with E-state index in [1.165, 1.54) is 24.9 Å². The van der Waals surface area contributed by atoms with Gasteiger partial charge in [0.2, 0.25) is 0 Å². The van der Waals surface area contributed by atoms with Gasteiger partial charge < -0.3 is 19.9 Å². The number of hydrogen-bond donors (Lipinski definition) is 1. The third-order valence-corrected chi connectivity index (χ3v) is 4.63. The fraction of sp³-hybridized carbons (Fsp3) is 0.611. The number of amides is 2. The molecule has 5 nitrogen and oxygen atoms in total. The number of anilines is 1. The maximum atomic E-state index is 12.2. The Morgan fingerprint density at radius 3 is 2.61 bits per heavy atom. The lowest BCUT2D eigenvalue weighted by Gasteiger charge is -2.31. The Bertz CT molecular complexity index is 512. The van der Waals surface area contributed by atoms with Gasteiger partial charge in [-0.05, 0) is 43.9 Å². The summed E-state index contributed by atoms with van der Waals surface area (Å²) in [5.74, 6) is 0. The van der Waals surface area contributed by atoms with Crippen LogP contribution >= 0.6 is 0 Å². The minimum Gasteiger partial charge on any atom is -0.375 e. The molecule has 0 radical (unpaired) electrons. The van der Waals surface area contributed by atoms with Crippen molar-refractivity contribution in [3.8, 4) is 0 Å². The van der Waals surface area contributed by atoms with E-state index in [-0.39, 0.29) is 12.1 Å². The van der Waals surface area contributed by atoms with Gasteiger partial charge in [0.05, 0.1) is 12.7 Å². The maximum Gasteiger partial charge on any atom is 0.317 e. The van der Waals surface area contributed by atoms with Crippen LogP contribution in [0.15, 0.2) is 24.3 Å². The Kier molecular flexibility index (Phi) is 5.39. The molecule has 2 heterocycles. The standard InChI is InChI=1S/C18H27N3O2/c1-15-14-21(11-12-23-15)18(22)19-13-16-5-7-17(8-6-16)20-9-3-2-4-10-20/h5-8,15H,2-4,9-14H2,1H3,(H,19,22)/t15-/m0/s1. The number of carbonyl (C=O) groups excluding carboxylic acids is 1. The number of ether oxygens (including phenoxy) is 1. The molecule has 1 atom stereocenters. The Morgan fingerprint density at radius 2 is 1.91 bits per heavy atom. The average molecular weight is 317 g/mol. The van der Waals surface area contributed by atoms with Crippen molar-refractivity contribution in [2.24, 2.45) is 0 Å². The lowest BCUT2D eigenvalue weighted by molar-refractivity contribution is -0.00351. The van der Waals surface area contributed by atoms with Crippen LogP contribution in [0, 0.1) is 0 Å². The molecule has 126 valence electrons. The van der Waals surface area contributed by atoms with Crippen molar-refractivity contribution in [2.75, 3.05) is 37.7 Å². The van der Waals surface area contributed by atoms with E-state index < -0.39 is 0 Å². The molecule has 0 unspecified atom stereocenters. The van der Waals surface area contributed by atoms with Crippen LogP contribution < -0.4 is 10.2 Å². The van der Waals surface area contributed by atoms with E-state index >= 15 is 0 Å². The summed E-state index contributed by atoms with van der Waals surface area (Å²) >= 11 is 0. The lowest BCUT2D eigenvalue weighted by Crippen LogP contribution is -2.48. The molecule has 5 heteroatoms. The number of nitrogens with one attached hydrogen (secondary N) is 1. The van der Waals surface area contributed by atoms with Crippen molar-refractivity contribution in [3.63, 3.8) is 0 Å². The van der Waals surface area contributed by atoms with Crippen LogP contribution in [0.2, 0.25) is 0 Å². The fourth-order valence-electron chi connectivity index (χ4n) is 3.27. The molecule has 1 aromatic rings. The summed E-state index contributed by atoms with van der Waals surface area (Å²) in [6, 6.07) is 8.58. The largest absolute Gasteiger partial charge is 0.375 e. The van der Waals surface area contributed by atoms with Crippen LogP contribution in [-0.2, 0) is 11.3 Å². The minimum atomic E-state index is 0.000238. The second-order valence-corrected chi connectivity index (χ2v) is 6.50. The Labute approximate surface area is 138 Å². The van der Waals surface area contributed by atoms with Gasteiger partial charge in [0.1, 0.15) is 0 Å². The lowest BCUT2D eigenvalue weighted by atomic mass is 10.1.